The van der Waals surface area contributed by atoms with Crippen molar-refractivity contribution >= 4 is 29.3 Å². The highest BCUT2D eigenvalue weighted by atomic mass is 32.1. The summed E-state index contributed by atoms with van der Waals surface area (Å²) >= 11 is 5.20. The lowest BCUT2D eigenvalue weighted by atomic mass is 10.2. The second-order valence-corrected chi connectivity index (χ2v) is 4.95. The number of likely N-dealkylation sites (tertiary alicyclic amines) is 1. The zero-order chi connectivity index (χ0) is 14.4. The first-order valence-corrected chi connectivity index (χ1v) is 7.02. The van der Waals surface area contributed by atoms with Crippen molar-refractivity contribution in [3.8, 4) is 5.75 Å². The molecule has 1 fully saturated rings. The number of carbonyl (C=O) groups is 1. The third-order valence-corrected chi connectivity index (χ3v) is 3.54. The second kappa shape index (κ2) is 7.05. The van der Waals surface area contributed by atoms with Crippen LogP contribution >= 0.6 is 12.2 Å². The quantitative estimate of drug-likeness (QED) is 0.684. The van der Waals surface area contributed by atoms with E-state index in [-0.39, 0.29) is 5.91 Å². The maximum absolute atomic E-state index is 11.8. The summed E-state index contributed by atoms with van der Waals surface area (Å²) in [4.78, 5) is 13.8. The summed E-state index contributed by atoms with van der Waals surface area (Å²) in [7, 11) is 1.61. The second-order valence-electron chi connectivity index (χ2n) is 4.56. The highest BCUT2D eigenvalue weighted by Gasteiger charge is 2.15. The minimum Gasteiger partial charge on any atom is -0.496 e. The fourth-order valence-electron chi connectivity index (χ4n) is 2.12. The third kappa shape index (κ3) is 3.81. The lowest BCUT2D eigenvalue weighted by Gasteiger charge is -2.17. The van der Waals surface area contributed by atoms with Crippen molar-refractivity contribution in [1.82, 2.24) is 10.2 Å². The van der Waals surface area contributed by atoms with Gasteiger partial charge in [0.1, 0.15) is 5.75 Å². The molecule has 106 valence electrons. The molecule has 0 atom stereocenters. The number of nitrogens with zero attached hydrogens (tertiary/aromatic N) is 1. The van der Waals surface area contributed by atoms with Gasteiger partial charge < -0.3 is 9.64 Å². The maximum atomic E-state index is 11.8. The molecule has 1 N–H and O–H groups in total. The molecule has 20 heavy (non-hydrogen) atoms. The van der Waals surface area contributed by atoms with Crippen LogP contribution in [-0.4, -0.2) is 36.1 Å². The first kappa shape index (κ1) is 14.5. The van der Waals surface area contributed by atoms with E-state index in [0.717, 1.165) is 37.2 Å². The predicted molar refractivity (Wildman–Crippen MR) is 83.6 cm³/mol. The molecule has 1 aliphatic heterocycles. The average Bonchev–Trinajstić information content (AvgIpc) is 2.99. The molecule has 0 aliphatic carbocycles. The van der Waals surface area contributed by atoms with E-state index in [4.69, 9.17) is 17.0 Å². The van der Waals surface area contributed by atoms with Gasteiger partial charge in [0.15, 0.2) is 5.11 Å². The maximum Gasteiger partial charge on any atom is 0.250 e. The lowest BCUT2D eigenvalue weighted by Crippen LogP contribution is -2.40. The molecule has 4 nitrogen and oxygen atoms in total. The van der Waals surface area contributed by atoms with Crippen LogP contribution in [0.2, 0.25) is 0 Å². The molecule has 0 aromatic heterocycles. The monoisotopic (exact) mass is 290 g/mol. The normalized spacial score (nSPS) is 14.6. The summed E-state index contributed by atoms with van der Waals surface area (Å²) in [5.41, 5.74) is 0.859. The van der Waals surface area contributed by atoms with Crippen molar-refractivity contribution in [1.29, 1.82) is 0 Å². The minimum atomic E-state index is -0.215. The Labute approximate surface area is 124 Å². The van der Waals surface area contributed by atoms with Crippen LogP contribution in [0.5, 0.6) is 5.75 Å². The van der Waals surface area contributed by atoms with E-state index < -0.39 is 0 Å². The summed E-state index contributed by atoms with van der Waals surface area (Å²) in [5, 5.41) is 3.23. The van der Waals surface area contributed by atoms with E-state index in [1.807, 2.05) is 29.2 Å². The molecule has 1 saturated heterocycles. The molecule has 0 radical (unpaired) electrons. The lowest BCUT2D eigenvalue weighted by molar-refractivity contribution is -0.115. The number of methoxy groups -OCH3 is 1. The van der Waals surface area contributed by atoms with Crippen molar-refractivity contribution in [3.63, 3.8) is 0 Å². The summed E-state index contributed by atoms with van der Waals surface area (Å²) < 4.78 is 5.22. The fourth-order valence-corrected chi connectivity index (χ4v) is 2.40. The van der Waals surface area contributed by atoms with Crippen LogP contribution in [-0.2, 0) is 4.79 Å². The number of amides is 1. The van der Waals surface area contributed by atoms with Gasteiger partial charge in [0.25, 0.3) is 0 Å². The molecule has 1 heterocycles. The molecule has 5 heteroatoms. The van der Waals surface area contributed by atoms with Gasteiger partial charge in [0.05, 0.1) is 7.11 Å². The Kier molecular flexibility index (Phi) is 5.12. The number of para-hydroxylation sites is 1. The van der Waals surface area contributed by atoms with Gasteiger partial charge in [-0.3, -0.25) is 10.1 Å². The van der Waals surface area contributed by atoms with Gasteiger partial charge in [-0.15, -0.1) is 0 Å². The smallest absolute Gasteiger partial charge is 0.250 e. The Balaban J connectivity index is 1.93. The van der Waals surface area contributed by atoms with Crippen LogP contribution in [0.25, 0.3) is 6.08 Å². The Hall–Kier alpha value is -1.88. The number of ether oxygens (including phenoxy) is 1. The predicted octanol–water partition coefficient (Wildman–Crippen LogP) is 2.21. The Morgan fingerprint density at radius 3 is 2.75 bits per heavy atom. The molecule has 1 aromatic carbocycles. The van der Waals surface area contributed by atoms with Crippen LogP contribution < -0.4 is 10.1 Å². The first-order valence-electron chi connectivity index (χ1n) is 6.61. The van der Waals surface area contributed by atoms with Crippen molar-refractivity contribution in [2.45, 2.75) is 12.8 Å². The zero-order valence-electron chi connectivity index (χ0n) is 11.5. The summed E-state index contributed by atoms with van der Waals surface area (Å²) in [6.07, 6.45) is 5.46. The van der Waals surface area contributed by atoms with E-state index in [0.29, 0.717) is 5.11 Å². The third-order valence-electron chi connectivity index (χ3n) is 3.18. The van der Waals surface area contributed by atoms with Crippen LogP contribution in [0.15, 0.2) is 30.3 Å². The number of nitrogens with one attached hydrogen (secondary N) is 1. The van der Waals surface area contributed by atoms with Crippen LogP contribution in [0.1, 0.15) is 18.4 Å². The molecule has 1 aromatic rings. The molecule has 2 rings (SSSR count). The number of thiocarbonyl (C=S) groups is 1. The van der Waals surface area contributed by atoms with Crippen molar-refractivity contribution in [2.75, 3.05) is 20.2 Å². The zero-order valence-corrected chi connectivity index (χ0v) is 12.3. The molecule has 1 amide bonds. The molecule has 1 aliphatic rings. The summed E-state index contributed by atoms with van der Waals surface area (Å²) in [6.45, 7) is 1.85. The van der Waals surface area contributed by atoms with Crippen molar-refractivity contribution < 1.29 is 9.53 Å². The van der Waals surface area contributed by atoms with Crippen LogP contribution in [0.3, 0.4) is 0 Å². The topological polar surface area (TPSA) is 41.6 Å². The van der Waals surface area contributed by atoms with Crippen molar-refractivity contribution in [2.24, 2.45) is 0 Å². The van der Waals surface area contributed by atoms with E-state index in [9.17, 15) is 4.79 Å². The van der Waals surface area contributed by atoms with Gasteiger partial charge in [0.2, 0.25) is 5.91 Å². The average molecular weight is 290 g/mol. The molecular formula is C15H18N2O2S. The molecular weight excluding hydrogens is 272 g/mol. The fraction of sp³-hybridized carbons (Fsp3) is 0.333. The van der Waals surface area contributed by atoms with Crippen LogP contribution in [0, 0.1) is 0 Å². The van der Waals surface area contributed by atoms with Gasteiger partial charge in [-0.25, -0.2) is 0 Å². The van der Waals surface area contributed by atoms with E-state index >= 15 is 0 Å². The Bertz CT molecular complexity index is 522. The van der Waals surface area contributed by atoms with Gasteiger partial charge >= 0.3 is 0 Å². The summed E-state index contributed by atoms with van der Waals surface area (Å²) in [6, 6.07) is 7.53. The molecule has 0 unspecified atom stereocenters. The Morgan fingerprint density at radius 2 is 2.05 bits per heavy atom. The number of hydrogen-bond acceptors (Lipinski definition) is 3. The molecule has 0 saturated carbocycles. The largest absolute Gasteiger partial charge is 0.496 e. The number of carbonyl (C=O) groups excluding carboxylic acids is 1. The minimum absolute atomic E-state index is 0.215. The highest BCUT2D eigenvalue weighted by Crippen LogP contribution is 2.18. The number of hydrogen-bond donors (Lipinski definition) is 1. The number of rotatable bonds is 3. The van der Waals surface area contributed by atoms with Gasteiger partial charge in [-0.2, -0.15) is 0 Å². The standard InChI is InChI=1S/C15H18N2O2S/c1-19-13-7-3-2-6-12(13)8-9-14(18)16-15(20)17-10-4-5-11-17/h2-3,6-9H,4-5,10-11H2,1H3,(H,16,18,20). The van der Waals surface area contributed by atoms with Crippen molar-refractivity contribution in [3.05, 3.63) is 35.9 Å². The Morgan fingerprint density at radius 1 is 1.35 bits per heavy atom. The van der Waals surface area contributed by atoms with Gasteiger partial charge in [-0.1, -0.05) is 18.2 Å². The van der Waals surface area contributed by atoms with E-state index in [1.165, 1.54) is 6.08 Å². The van der Waals surface area contributed by atoms with E-state index in [2.05, 4.69) is 5.32 Å². The SMILES string of the molecule is COc1ccccc1C=CC(=O)NC(=S)N1CCCC1. The van der Waals surface area contributed by atoms with Gasteiger partial charge in [-0.05, 0) is 37.2 Å². The first-order chi connectivity index (χ1) is 9.70. The van der Waals surface area contributed by atoms with Crippen LogP contribution in [0.4, 0.5) is 0 Å². The molecule has 0 bridgehead atoms. The number of benzene rings is 1. The van der Waals surface area contributed by atoms with Gasteiger partial charge in [0, 0.05) is 24.7 Å². The van der Waals surface area contributed by atoms with E-state index in [1.54, 1.807) is 13.2 Å². The summed E-state index contributed by atoms with van der Waals surface area (Å²) in [5.74, 6) is 0.520. The highest BCUT2D eigenvalue weighted by molar-refractivity contribution is 7.80. The molecule has 0 spiro atoms.